The Bertz CT molecular complexity index is 922. The van der Waals surface area contributed by atoms with E-state index in [4.69, 9.17) is 13.9 Å². The first kappa shape index (κ1) is 18.6. The summed E-state index contributed by atoms with van der Waals surface area (Å²) in [6.45, 7) is -1.01. The van der Waals surface area contributed by atoms with Gasteiger partial charge in [0, 0.05) is 5.56 Å². The van der Waals surface area contributed by atoms with Crippen LogP contribution in [0.5, 0.6) is 5.75 Å². The van der Waals surface area contributed by atoms with E-state index in [2.05, 4.69) is 26.6 Å². The first-order chi connectivity index (χ1) is 12.9. The van der Waals surface area contributed by atoms with E-state index in [1.54, 1.807) is 6.07 Å². The monoisotopic (exact) mass is 436 g/mol. The number of ketones is 1. The molecule has 0 bridgehead atoms. The number of rotatable bonds is 6. The number of hydrogen-bond acceptors (Lipinski definition) is 7. The molecule has 0 unspecified atom stereocenters. The maximum atomic E-state index is 12.1. The lowest BCUT2D eigenvalue weighted by Gasteiger charge is -2.18. The second-order valence-corrected chi connectivity index (χ2v) is 6.20. The molecule has 27 heavy (non-hydrogen) atoms. The maximum absolute atomic E-state index is 12.1. The lowest BCUT2D eigenvalue weighted by molar-refractivity contribution is -0.141. The quantitative estimate of drug-likeness (QED) is 0.519. The molecule has 2 heterocycles. The lowest BCUT2D eigenvalue weighted by atomic mass is 10.1. The van der Waals surface area contributed by atoms with Crippen molar-refractivity contribution in [2.24, 2.45) is 0 Å². The Labute approximate surface area is 161 Å². The van der Waals surface area contributed by atoms with E-state index in [0.29, 0.717) is 16.1 Å². The van der Waals surface area contributed by atoms with Crippen LogP contribution in [0.1, 0.15) is 20.9 Å². The van der Waals surface area contributed by atoms with Crippen LogP contribution in [0.2, 0.25) is 0 Å². The number of amides is 2. The minimum atomic E-state index is -0.781. The van der Waals surface area contributed by atoms with Gasteiger partial charge >= 0.3 is 5.97 Å². The Hall–Kier alpha value is -3.14. The summed E-state index contributed by atoms with van der Waals surface area (Å²) in [7, 11) is 0. The van der Waals surface area contributed by atoms with Crippen LogP contribution in [0.25, 0.3) is 0 Å². The minimum absolute atomic E-state index is 0.0316. The molecule has 10 heteroatoms. The number of carbonyl (C=O) groups is 4. The number of fused-ring (bicyclic) bond motifs is 1. The standard InChI is InChI=1S/C17H13BrN2O7/c18-14-4-3-13(27-14)17(24)19-6-16(23)26-7-11(21)9-1-2-12-10(5-9)20-15(22)8-25-12/h1-5H,6-8H2,(H,19,24)(H,20,22). The number of esters is 1. The summed E-state index contributed by atoms with van der Waals surface area (Å²) in [4.78, 5) is 46.9. The summed E-state index contributed by atoms with van der Waals surface area (Å²) in [5, 5.41) is 4.90. The van der Waals surface area contributed by atoms with Crippen LogP contribution in [0.3, 0.4) is 0 Å². The van der Waals surface area contributed by atoms with Crippen molar-refractivity contribution in [3.8, 4) is 5.75 Å². The predicted octanol–water partition coefficient (Wildman–Crippen LogP) is 1.53. The first-order valence-electron chi connectivity index (χ1n) is 7.71. The van der Waals surface area contributed by atoms with Gasteiger partial charge in [-0.25, -0.2) is 0 Å². The van der Waals surface area contributed by atoms with Crippen LogP contribution in [-0.4, -0.2) is 43.3 Å². The number of hydrogen-bond donors (Lipinski definition) is 2. The number of furan rings is 1. The smallest absolute Gasteiger partial charge is 0.325 e. The second kappa shape index (κ2) is 8.04. The molecule has 140 valence electrons. The Morgan fingerprint density at radius 1 is 1.22 bits per heavy atom. The molecule has 1 aliphatic heterocycles. The lowest BCUT2D eigenvalue weighted by Crippen LogP contribution is -2.31. The third-order valence-corrected chi connectivity index (χ3v) is 3.92. The van der Waals surface area contributed by atoms with Crippen molar-refractivity contribution in [2.75, 3.05) is 25.1 Å². The molecule has 0 radical (unpaired) electrons. The first-order valence-corrected chi connectivity index (χ1v) is 8.51. The van der Waals surface area contributed by atoms with E-state index < -0.39 is 30.8 Å². The van der Waals surface area contributed by atoms with Gasteiger partial charge in [-0.05, 0) is 46.3 Å². The number of Topliss-reactive ketones (excluding diaryl/α,β-unsaturated/α-hetero) is 1. The zero-order chi connectivity index (χ0) is 19.4. The average Bonchev–Trinajstić information content (AvgIpc) is 3.10. The van der Waals surface area contributed by atoms with Crippen molar-refractivity contribution in [1.29, 1.82) is 0 Å². The number of ether oxygens (including phenoxy) is 2. The molecule has 2 N–H and O–H groups in total. The van der Waals surface area contributed by atoms with E-state index in [-0.39, 0.29) is 23.8 Å². The fourth-order valence-electron chi connectivity index (χ4n) is 2.21. The van der Waals surface area contributed by atoms with Gasteiger partial charge in [0.2, 0.25) is 0 Å². The van der Waals surface area contributed by atoms with E-state index in [9.17, 15) is 19.2 Å². The van der Waals surface area contributed by atoms with E-state index >= 15 is 0 Å². The van der Waals surface area contributed by atoms with Gasteiger partial charge in [0.15, 0.2) is 29.4 Å². The van der Waals surface area contributed by atoms with Crippen LogP contribution < -0.4 is 15.4 Å². The third kappa shape index (κ3) is 4.73. The molecule has 1 aromatic carbocycles. The molecule has 3 rings (SSSR count). The normalized spacial score (nSPS) is 12.4. The van der Waals surface area contributed by atoms with Gasteiger partial charge < -0.3 is 24.5 Å². The van der Waals surface area contributed by atoms with Crippen molar-refractivity contribution in [3.05, 3.63) is 46.3 Å². The van der Waals surface area contributed by atoms with Gasteiger partial charge in [-0.2, -0.15) is 0 Å². The fourth-order valence-corrected chi connectivity index (χ4v) is 2.52. The molecule has 0 saturated heterocycles. The van der Waals surface area contributed by atoms with E-state index in [1.165, 1.54) is 24.3 Å². The molecule has 0 atom stereocenters. The molecule has 1 aliphatic rings. The highest BCUT2D eigenvalue weighted by molar-refractivity contribution is 9.10. The van der Waals surface area contributed by atoms with Crippen LogP contribution in [0.15, 0.2) is 39.4 Å². The summed E-state index contributed by atoms with van der Waals surface area (Å²) >= 11 is 3.06. The van der Waals surface area contributed by atoms with Gasteiger partial charge in [0.1, 0.15) is 12.3 Å². The SMILES string of the molecule is O=C1COc2ccc(C(=O)COC(=O)CNC(=O)c3ccc(Br)o3)cc2N1. The minimum Gasteiger partial charge on any atom is -0.482 e. The molecule has 0 fully saturated rings. The number of benzene rings is 1. The predicted molar refractivity (Wildman–Crippen MR) is 94.6 cm³/mol. The number of halogens is 1. The highest BCUT2D eigenvalue weighted by Crippen LogP contribution is 2.28. The Morgan fingerprint density at radius 2 is 2.04 bits per heavy atom. The number of nitrogens with one attached hydrogen (secondary N) is 2. The highest BCUT2D eigenvalue weighted by atomic mass is 79.9. The summed E-state index contributed by atoms with van der Waals surface area (Å²) < 4.78 is 15.5. The molecule has 0 aliphatic carbocycles. The molecule has 2 amide bonds. The fraction of sp³-hybridized carbons (Fsp3) is 0.176. The zero-order valence-corrected chi connectivity index (χ0v) is 15.3. The molecule has 0 spiro atoms. The Morgan fingerprint density at radius 3 is 2.78 bits per heavy atom. The van der Waals surface area contributed by atoms with Gasteiger partial charge in [0.05, 0.1) is 5.69 Å². The summed E-state index contributed by atoms with van der Waals surface area (Å²) in [6, 6.07) is 7.47. The average molecular weight is 437 g/mol. The van der Waals surface area contributed by atoms with Crippen LogP contribution in [0.4, 0.5) is 5.69 Å². The third-order valence-electron chi connectivity index (χ3n) is 3.49. The summed E-state index contributed by atoms with van der Waals surface area (Å²) in [5.74, 6) is -1.67. The van der Waals surface area contributed by atoms with Crippen LogP contribution >= 0.6 is 15.9 Å². The van der Waals surface area contributed by atoms with Crippen molar-refractivity contribution in [1.82, 2.24) is 5.32 Å². The molecular weight excluding hydrogens is 424 g/mol. The zero-order valence-electron chi connectivity index (χ0n) is 13.7. The summed E-state index contributed by atoms with van der Waals surface area (Å²) in [6.07, 6.45) is 0. The van der Waals surface area contributed by atoms with Gasteiger partial charge in [0.25, 0.3) is 11.8 Å². The molecule has 2 aromatic rings. The van der Waals surface area contributed by atoms with Gasteiger partial charge in [-0.3, -0.25) is 19.2 Å². The van der Waals surface area contributed by atoms with E-state index in [0.717, 1.165) is 0 Å². The molecule has 9 nitrogen and oxygen atoms in total. The topological polar surface area (TPSA) is 124 Å². The van der Waals surface area contributed by atoms with Crippen LogP contribution in [-0.2, 0) is 14.3 Å². The Balaban J connectivity index is 1.48. The molecule has 1 aromatic heterocycles. The molecule has 0 saturated carbocycles. The van der Waals surface area contributed by atoms with Crippen molar-refractivity contribution >= 4 is 45.2 Å². The van der Waals surface area contributed by atoms with Gasteiger partial charge in [-0.15, -0.1) is 0 Å². The van der Waals surface area contributed by atoms with Gasteiger partial charge in [-0.1, -0.05) is 0 Å². The highest BCUT2D eigenvalue weighted by Gasteiger charge is 2.19. The Kier molecular flexibility index (Phi) is 5.55. The van der Waals surface area contributed by atoms with Crippen molar-refractivity contribution in [2.45, 2.75) is 0 Å². The van der Waals surface area contributed by atoms with Crippen LogP contribution in [0, 0.1) is 0 Å². The second-order valence-electron chi connectivity index (χ2n) is 5.42. The van der Waals surface area contributed by atoms with Crippen molar-refractivity contribution in [3.63, 3.8) is 0 Å². The molecular formula is C17H13BrN2O7. The maximum Gasteiger partial charge on any atom is 0.325 e. The largest absolute Gasteiger partial charge is 0.482 e. The van der Waals surface area contributed by atoms with E-state index in [1.807, 2.05) is 0 Å². The van der Waals surface area contributed by atoms with Crippen molar-refractivity contribution < 1.29 is 33.1 Å². The number of carbonyl (C=O) groups excluding carboxylic acids is 4. The number of anilines is 1. The summed E-state index contributed by atoms with van der Waals surface area (Å²) in [5.41, 5.74) is 0.622.